The summed E-state index contributed by atoms with van der Waals surface area (Å²) in [5, 5.41) is 0. The van der Waals surface area contributed by atoms with E-state index in [1.54, 1.807) is 0 Å². The quantitative estimate of drug-likeness (QED) is 0.814. The Morgan fingerprint density at radius 3 is 2.94 bits per heavy atom. The number of rotatable bonds is 2. The summed E-state index contributed by atoms with van der Waals surface area (Å²) in [7, 11) is 0. The van der Waals surface area contributed by atoms with Crippen LogP contribution in [-0.4, -0.2) is 18.1 Å². The Labute approximate surface area is 113 Å². The van der Waals surface area contributed by atoms with E-state index < -0.39 is 0 Å². The van der Waals surface area contributed by atoms with Gasteiger partial charge in [-0.25, -0.2) is 4.98 Å². The molecule has 0 saturated carbocycles. The molecular formula is C14H21BrN2. The van der Waals surface area contributed by atoms with Gasteiger partial charge in [-0.3, -0.25) is 0 Å². The van der Waals surface area contributed by atoms with Crippen molar-refractivity contribution in [1.29, 1.82) is 0 Å². The first kappa shape index (κ1) is 12.9. The summed E-state index contributed by atoms with van der Waals surface area (Å²) in [6.45, 7) is 6.78. The van der Waals surface area contributed by atoms with Crippen LogP contribution in [0.4, 0.5) is 5.82 Å². The maximum atomic E-state index is 4.57. The van der Waals surface area contributed by atoms with Gasteiger partial charge in [0, 0.05) is 23.8 Å². The van der Waals surface area contributed by atoms with Gasteiger partial charge in [-0.05, 0) is 59.7 Å². The highest BCUT2D eigenvalue weighted by Crippen LogP contribution is 2.26. The zero-order valence-corrected chi connectivity index (χ0v) is 12.3. The third-order valence-electron chi connectivity index (χ3n) is 3.74. The Bertz CT molecular complexity index is 378. The molecule has 2 heterocycles. The van der Waals surface area contributed by atoms with Crippen molar-refractivity contribution in [3.63, 3.8) is 0 Å². The summed E-state index contributed by atoms with van der Waals surface area (Å²) in [6.07, 6.45) is 7.22. The predicted molar refractivity (Wildman–Crippen MR) is 76.5 cm³/mol. The molecule has 2 rings (SSSR count). The molecule has 0 aromatic carbocycles. The Morgan fingerprint density at radius 2 is 2.24 bits per heavy atom. The van der Waals surface area contributed by atoms with E-state index >= 15 is 0 Å². The lowest BCUT2D eigenvalue weighted by Crippen LogP contribution is -2.26. The Hall–Kier alpha value is -0.570. The first-order valence-electron chi connectivity index (χ1n) is 6.57. The molecule has 0 N–H and O–H groups in total. The van der Waals surface area contributed by atoms with E-state index in [0.29, 0.717) is 0 Å². The molecule has 0 amide bonds. The van der Waals surface area contributed by atoms with E-state index in [4.69, 9.17) is 0 Å². The van der Waals surface area contributed by atoms with Gasteiger partial charge >= 0.3 is 0 Å². The largest absolute Gasteiger partial charge is 0.356 e. The molecular weight excluding hydrogens is 276 g/mol. The average Bonchev–Trinajstić information content (AvgIpc) is 2.54. The van der Waals surface area contributed by atoms with Gasteiger partial charge in [-0.2, -0.15) is 0 Å². The molecule has 3 heteroatoms. The minimum atomic E-state index is 0.913. The molecule has 0 aliphatic carbocycles. The van der Waals surface area contributed by atoms with Crippen molar-refractivity contribution in [1.82, 2.24) is 4.98 Å². The molecule has 1 fully saturated rings. The van der Waals surface area contributed by atoms with Crippen LogP contribution in [0.3, 0.4) is 0 Å². The van der Waals surface area contributed by atoms with E-state index in [0.717, 1.165) is 23.5 Å². The Kier molecular flexibility index (Phi) is 4.43. The smallest absolute Gasteiger partial charge is 0.131 e. The van der Waals surface area contributed by atoms with Crippen molar-refractivity contribution in [3.05, 3.63) is 22.3 Å². The minimum Gasteiger partial charge on any atom is -0.356 e. The molecule has 17 heavy (non-hydrogen) atoms. The van der Waals surface area contributed by atoms with Crippen molar-refractivity contribution >= 4 is 21.7 Å². The van der Waals surface area contributed by atoms with Crippen LogP contribution >= 0.6 is 15.9 Å². The van der Waals surface area contributed by atoms with E-state index in [9.17, 15) is 0 Å². The van der Waals surface area contributed by atoms with Gasteiger partial charge < -0.3 is 4.90 Å². The molecule has 0 bridgehead atoms. The number of hydrogen-bond acceptors (Lipinski definition) is 2. The number of nitrogens with zero attached hydrogens (tertiary/aromatic N) is 2. The lowest BCUT2D eigenvalue weighted by Gasteiger charge is -2.23. The van der Waals surface area contributed by atoms with Crippen molar-refractivity contribution in [2.75, 3.05) is 18.0 Å². The van der Waals surface area contributed by atoms with E-state index in [1.807, 2.05) is 6.20 Å². The molecule has 1 aliphatic heterocycles. The Balaban J connectivity index is 2.11. The highest BCUT2D eigenvalue weighted by Gasteiger charge is 2.17. The molecule has 1 unspecified atom stereocenters. The van der Waals surface area contributed by atoms with Gasteiger partial charge in [-0.15, -0.1) is 0 Å². The Morgan fingerprint density at radius 1 is 1.41 bits per heavy atom. The lowest BCUT2D eigenvalue weighted by atomic mass is 9.98. The second-order valence-corrected chi connectivity index (χ2v) is 5.90. The van der Waals surface area contributed by atoms with Crippen molar-refractivity contribution in [2.45, 2.75) is 39.5 Å². The first-order chi connectivity index (χ1) is 8.20. The monoisotopic (exact) mass is 296 g/mol. The van der Waals surface area contributed by atoms with Gasteiger partial charge in [0.15, 0.2) is 0 Å². The second kappa shape index (κ2) is 5.85. The summed E-state index contributed by atoms with van der Waals surface area (Å²) in [6, 6.07) is 2.16. The normalized spacial score (nSPS) is 21.4. The van der Waals surface area contributed by atoms with Gasteiger partial charge in [0.1, 0.15) is 5.82 Å². The van der Waals surface area contributed by atoms with Crippen LogP contribution in [0, 0.1) is 12.8 Å². The number of aromatic nitrogens is 1. The fraction of sp³-hybridized carbons (Fsp3) is 0.643. The highest BCUT2D eigenvalue weighted by atomic mass is 79.9. The molecule has 1 atom stereocenters. The maximum Gasteiger partial charge on any atom is 0.131 e. The molecule has 94 valence electrons. The third-order valence-corrected chi connectivity index (χ3v) is 4.18. The fourth-order valence-electron chi connectivity index (χ4n) is 2.65. The molecule has 2 nitrogen and oxygen atoms in total. The van der Waals surface area contributed by atoms with Gasteiger partial charge in [-0.1, -0.05) is 13.3 Å². The summed E-state index contributed by atoms with van der Waals surface area (Å²) >= 11 is 3.48. The van der Waals surface area contributed by atoms with Crippen LogP contribution in [0.25, 0.3) is 0 Å². The second-order valence-electron chi connectivity index (χ2n) is 4.99. The minimum absolute atomic E-state index is 0.913. The summed E-state index contributed by atoms with van der Waals surface area (Å²) in [5.41, 5.74) is 1.27. The van der Waals surface area contributed by atoms with Crippen LogP contribution in [-0.2, 0) is 0 Å². The van der Waals surface area contributed by atoms with Crippen LogP contribution < -0.4 is 4.90 Å². The van der Waals surface area contributed by atoms with Gasteiger partial charge in [0.05, 0.1) is 0 Å². The topological polar surface area (TPSA) is 16.1 Å². The molecule has 1 aliphatic rings. The standard InChI is InChI=1S/C14H21BrN2/c1-3-12-5-4-7-17(8-6-12)14-11(2)9-13(15)10-16-14/h9-10,12H,3-8H2,1-2H3. The first-order valence-corrected chi connectivity index (χ1v) is 7.37. The highest BCUT2D eigenvalue weighted by molar-refractivity contribution is 9.10. The van der Waals surface area contributed by atoms with Crippen LogP contribution in [0.15, 0.2) is 16.7 Å². The van der Waals surface area contributed by atoms with Crippen molar-refractivity contribution in [3.8, 4) is 0 Å². The number of anilines is 1. The average molecular weight is 297 g/mol. The predicted octanol–water partition coefficient (Wildman–Crippen LogP) is 4.17. The number of pyridine rings is 1. The van der Waals surface area contributed by atoms with Crippen LogP contribution in [0.2, 0.25) is 0 Å². The zero-order valence-electron chi connectivity index (χ0n) is 10.7. The third kappa shape index (κ3) is 3.21. The summed E-state index contributed by atoms with van der Waals surface area (Å²) in [5.74, 6) is 2.08. The molecule has 1 aromatic rings. The lowest BCUT2D eigenvalue weighted by molar-refractivity contribution is 0.459. The number of halogens is 1. The van der Waals surface area contributed by atoms with E-state index in [2.05, 4.69) is 45.7 Å². The van der Waals surface area contributed by atoms with Crippen molar-refractivity contribution in [2.24, 2.45) is 5.92 Å². The number of aryl methyl sites for hydroxylation is 1. The van der Waals surface area contributed by atoms with Crippen LogP contribution in [0.1, 0.15) is 38.2 Å². The fourth-order valence-corrected chi connectivity index (χ4v) is 3.10. The SMILES string of the molecule is CCC1CCCN(c2ncc(Br)cc2C)CC1. The van der Waals surface area contributed by atoms with E-state index in [1.165, 1.54) is 37.1 Å². The number of hydrogen-bond donors (Lipinski definition) is 0. The van der Waals surface area contributed by atoms with E-state index in [-0.39, 0.29) is 0 Å². The maximum absolute atomic E-state index is 4.57. The molecule has 0 radical (unpaired) electrons. The van der Waals surface area contributed by atoms with Gasteiger partial charge in [0.25, 0.3) is 0 Å². The summed E-state index contributed by atoms with van der Waals surface area (Å²) in [4.78, 5) is 7.03. The summed E-state index contributed by atoms with van der Waals surface area (Å²) < 4.78 is 1.07. The van der Waals surface area contributed by atoms with Crippen molar-refractivity contribution < 1.29 is 0 Å². The zero-order chi connectivity index (χ0) is 12.3. The molecule has 1 aromatic heterocycles. The van der Waals surface area contributed by atoms with Gasteiger partial charge in [0.2, 0.25) is 0 Å². The van der Waals surface area contributed by atoms with Crippen LogP contribution in [0.5, 0.6) is 0 Å². The molecule has 0 spiro atoms. The molecule has 1 saturated heterocycles.